The summed E-state index contributed by atoms with van der Waals surface area (Å²) in [7, 11) is 1.51. The van der Waals surface area contributed by atoms with Crippen LogP contribution in [0.1, 0.15) is 30.1 Å². The molecule has 0 unspecified atom stereocenters. The topological polar surface area (TPSA) is 93.5 Å². The van der Waals surface area contributed by atoms with Gasteiger partial charge in [-0.3, -0.25) is 14.9 Å². The number of nitro groups is 1. The minimum atomic E-state index is -0.478. The third-order valence-electron chi connectivity index (χ3n) is 2.89. The van der Waals surface area contributed by atoms with Crippen molar-refractivity contribution in [1.82, 2.24) is 5.32 Å². The molecule has 0 spiro atoms. The summed E-state index contributed by atoms with van der Waals surface area (Å²) in [5, 5.41) is 16.4. The van der Waals surface area contributed by atoms with Crippen LogP contribution in [-0.4, -0.2) is 37.6 Å². The monoisotopic (exact) mass is 295 g/mol. The van der Waals surface area contributed by atoms with E-state index >= 15 is 0 Å². The maximum Gasteiger partial charge on any atom is 0.292 e. The number of rotatable bonds is 9. The zero-order chi connectivity index (χ0) is 15.7. The number of nitro benzene ring substituents is 1. The SMILES string of the molecule is CCCCOCCNc1cc(C(=O)NC)ccc1[N+](=O)[O-]. The lowest BCUT2D eigenvalue weighted by molar-refractivity contribution is -0.384. The van der Waals surface area contributed by atoms with Crippen LogP contribution in [0.15, 0.2) is 18.2 Å². The van der Waals surface area contributed by atoms with E-state index in [-0.39, 0.29) is 11.6 Å². The van der Waals surface area contributed by atoms with Crippen LogP contribution in [0, 0.1) is 10.1 Å². The summed E-state index contributed by atoms with van der Waals surface area (Å²) in [6.07, 6.45) is 2.05. The first-order valence-corrected chi connectivity index (χ1v) is 6.92. The number of carbonyl (C=O) groups is 1. The van der Waals surface area contributed by atoms with Crippen LogP contribution in [0.3, 0.4) is 0 Å². The fourth-order valence-corrected chi connectivity index (χ4v) is 1.73. The van der Waals surface area contributed by atoms with Crippen LogP contribution >= 0.6 is 0 Å². The van der Waals surface area contributed by atoms with Gasteiger partial charge in [0.25, 0.3) is 11.6 Å². The molecule has 0 aromatic heterocycles. The maximum atomic E-state index is 11.6. The molecule has 7 heteroatoms. The van der Waals surface area contributed by atoms with Crippen LogP contribution in [0.25, 0.3) is 0 Å². The van der Waals surface area contributed by atoms with E-state index in [4.69, 9.17) is 4.74 Å². The summed E-state index contributed by atoms with van der Waals surface area (Å²) in [4.78, 5) is 22.1. The predicted molar refractivity (Wildman–Crippen MR) is 80.7 cm³/mol. The van der Waals surface area contributed by atoms with Gasteiger partial charge in [-0.15, -0.1) is 0 Å². The minimum Gasteiger partial charge on any atom is -0.380 e. The van der Waals surface area contributed by atoms with Gasteiger partial charge < -0.3 is 15.4 Å². The molecule has 1 amide bonds. The maximum absolute atomic E-state index is 11.6. The van der Waals surface area contributed by atoms with E-state index in [0.29, 0.717) is 31.0 Å². The predicted octanol–water partition coefficient (Wildman–Crippen LogP) is 2.18. The van der Waals surface area contributed by atoms with Crippen molar-refractivity contribution in [3.63, 3.8) is 0 Å². The van der Waals surface area contributed by atoms with Crippen molar-refractivity contribution in [2.24, 2.45) is 0 Å². The Morgan fingerprint density at radius 3 is 2.76 bits per heavy atom. The Kier molecular flexibility index (Phi) is 7.17. The van der Waals surface area contributed by atoms with Crippen molar-refractivity contribution in [1.29, 1.82) is 0 Å². The first-order chi connectivity index (χ1) is 10.1. The van der Waals surface area contributed by atoms with Crippen molar-refractivity contribution < 1.29 is 14.5 Å². The van der Waals surface area contributed by atoms with E-state index in [9.17, 15) is 14.9 Å². The van der Waals surface area contributed by atoms with Gasteiger partial charge in [-0.25, -0.2) is 0 Å². The van der Waals surface area contributed by atoms with E-state index in [1.54, 1.807) is 0 Å². The van der Waals surface area contributed by atoms with E-state index in [2.05, 4.69) is 17.6 Å². The second-order valence-electron chi connectivity index (χ2n) is 4.46. The number of carbonyl (C=O) groups excluding carboxylic acids is 1. The molecule has 1 rings (SSSR count). The number of nitrogens with one attached hydrogen (secondary N) is 2. The van der Waals surface area contributed by atoms with Crippen molar-refractivity contribution in [2.45, 2.75) is 19.8 Å². The fraction of sp³-hybridized carbons (Fsp3) is 0.500. The Bertz CT molecular complexity index is 491. The lowest BCUT2D eigenvalue weighted by Gasteiger charge is -2.09. The van der Waals surface area contributed by atoms with Crippen LogP contribution in [-0.2, 0) is 4.74 Å². The molecule has 116 valence electrons. The second kappa shape index (κ2) is 8.91. The van der Waals surface area contributed by atoms with Gasteiger partial charge in [0.1, 0.15) is 5.69 Å². The van der Waals surface area contributed by atoms with Crippen molar-refractivity contribution in [3.8, 4) is 0 Å². The summed E-state index contributed by atoms with van der Waals surface area (Å²) >= 11 is 0. The molecule has 0 radical (unpaired) electrons. The second-order valence-corrected chi connectivity index (χ2v) is 4.46. The third-order valence-corrected chi connectivity index (χ3v) is 2.89. The van der Waals surface area contributed by atoms with E-state index in [1.165, 1.54) is 25.2 Å². The molecule has 0 aliphatic heterocycles. The molecular formula is C14H21N3O4. The highest BCUT2D eigenvalue weighted by Gasteiger charge is 2.16. The zero-order valence-corrected chi connectivity index (χ0v) is 12.3. The number of hydrogen-bond acceptors (Lipinski definition) is 5. The molecule has 0 aliphatic rings. The van der Waals surface area contributed by atoms with Crippen molar-refractivity contribution >= 4 is 17.3 Å². The summed E-state index contributed by atoms with van der Waals surface area (Å²) in [5.41, 5.74) is 0.633. The molecule has 0 heterocycles. The van der Waals surface area contributed by atoms with Crippen LogP contribution in [0.5, 0.6) is 0 Å². The Morgan fingerprint density at radius 2 is 2.14 bits per heavy atom. The van der Waals surface area contributed by atoms with Gasteiger partial charge in [-0.1, -0.05) is 13.3 Å². The summed E-state index contributed by atoms with van der Waals surface area (Å²) in [5.74, 6) is -0.285. The number of ether oxygens (including phenoxy) is 1. The number of anilines is 1. The van der Waals surface area contributed by atoms with Gasteiger partial charge >= 0.3 is 0 Å². The smallest absolute Gasteiger partial charge is 0.292 e. The largest absolute Gasteiger partial charge is 0.380 e. The molecule has 0 atom stereocenters. The highest BCUT2D eigenvalue weighted by molar-refractivity contribution is 5.95. The first kappa shape index (κ1) is 16.9. The molecule has 1 aromatic rings. The lowest BCUT2D eigenvalue weighted by Crippen LogP contribution is -2.18. The summed E-state index contributed by atoms with van der Waals surface area (Å²) in [6, 6.07) is 4.23. The Hall–Kier alpha value is -2.15. The van der Waals surface area contributed by atoms with Crippen LogP contribution in [0.2, 0.25) is 0 Å². The van der Waals surface area contributed by atoms with Gasteiger partial charge in [0.05, 0.1) is 11.5 Å². The Labute approximate surface area is 123 Å². The summed E-state index contributed by atoms with van der Waals surface area (Å²) in [6.45, 7) is 3.66. The summed E-state index contributed by atoms with van der Waals surface area (Å²) < 4.78 is 5.38. The molecule has 21 heavy (non-hydrogen) atoms. The number of unbranched alkanes of at least 4 members (excludes halogenated alkanes) is 1. The first-order valence-electron chi connectivity index (χ1n) is 6.92. The number of amides is 1. The van der Waals surface area contributed by atoms with Crippen LogP contribution in [0.4, 0.5) is 11.4 Å². The van der Waals surface area contributed by atoms with Crippen molar-refractivity contribution in [3.05, 3.63) is 33.9 Å². The highest BCUT2D eigenvalue weighted by atomic mass is 16.6. The number of benzene rings is 1. The molecule has 0 saturated heterocycles. The number of nitrogens with zero attached hydrogens (tertiary/aromatic N) is 1. The van der Waals surface area contributed by atoms with Crippen molar-refractivity contribution in [2.75, 3.05) is 32.1 Å². The molecule has 0 saturated carbocycles. The lowest BCUT2D eigenvalue weighted by atomic mass is 10.1. The van der Waals surface area contributed by atoms with Gasteiger partial charge in [0.15, 0.2) is 0 Å². The zero-order valence-electron chi connectivity index (χ0n) is 12.3. The molecule has 2 N–H and O–H groups in total. The van der Waals surface area contributed by atoms with Crippen LogP contribution < -0.4 is 10.6 Å². The van der Waals surface area contributed by atoms with Gasteiger partial charge in [0, 0.05) is 31.8 Å². The average molecular weight is 295 g/mol. The molecule has 0 fully saturated rings. The molecule has 7 nitrogen and oxygen atoms in total. The number of hydrogen-bond donors (Lipinski definition) is 2. The van der Waals surface area contributed by atoms with Gasteiger partial charge in [0.2, 0.25) is 0 Å². The van der Waals surface area contributed by atoms with Gasteiger partial charge in [-0.05, 0) is 18.6 Å². The standard InChI is InChI=1S/C14H21N3O4/c1-3-4-8-21-9-7-16-12-10-11(14(18)15-2)5-6-13(12)17(19)20/h5-6,10,16H,3-4,7-9H2,1-2H3,(H,15,18). The highest BCUT2D eigenvalue weighted by Crippen LogP contribution is 2.25. The molecule has 0 aliphatic carbocycles. The molecule has 0 bridgehead atoms. The fourth-order valence-electron chi connectivity index (χ4n) is 1.73. The normalized spacial score (nSPS) is 10.2. The average Bonchev–Trinajstić information content (AvgIpc) is 2.49. The van der Waals surface area contributed by atoms with E-state index in [1.807, 2.05) is 0 Å². The Morgan fingerprint density at radius 1 is 1.38 bits per heavy atom. The van der Waals surface area contributed by atoms with E-state index in [0.717, 1.165) is 12.8 Å². The molecule has 1 aromatic carbocycles. The van der Waals surface area contributed by atoms with Gasteiger partial charge in [-0.2, -0.15) is 0 Å². The van der Waals surface area contributed by atoms with E-state index < -0.39 is 4.92 Å². The minimum absolute atomic E-state index is 0.0591. The third kappa shape index (κ3) is 5.39. The Balaban J connectivity index is 2.68. The molecular weight excluding hydrogens is 274 g/mol. The quantitative estimate of drug-likeness (QED) is 0.414.